The van der Waals surface area contributed by atoms with Gasteiger partial charge in [0.25, 0.3) is 0 Å². The topological polar surface area (TPSA) is 41.5 Å². The summed E-state index contributed by atoms with van der Waals surface area (Å²) in [5, 5.41) is 14.1. The van der Waals surface area contributed by atoms with E-state index in [1.54, 1.807) is 13.2 Å². The van der Waals surface area contributed by atoms with Crippen molar-refractivity contribution in [1.29, 1.82) is 0 Å². The molecule has 1 saturated heterocycles. The highest BCUT2D eigenvalue weighted by atomic mass is 32.2. The van der Waals surface area contributed by atoms with Crippen LogP contribution < -0.4 is 10.1 Å². The summed E-state index contributed by atoms with van der Waals surface area (Å²) in [6.07, 6.45) is 1.20. The number of aromatic hydroxyl groups is 1. The quantitative estimate of drug-likeness (QED) is 0.832. The van der Waals surface area contributed by atoms with Crippen molar-refractivity contribution in [3.63, 3.8) is 0 Å². The van der Waals surface area contributed by atoms with E-state index in [4.69, 9.17) is 4.74 Å². The van der Waals surface area contributed by atoms with Crippen LogP contribution in [0.25, 0.3) is 0 Å². The minimum Gasteiger partial charge on any atom is -0.504 e. The fourth-order valence-electron chi connectivity index (χ4n) is 1.83. The number of rotatable bonds is 2. The third-order valence-corrected chi connectivity index (χ3v) is 4.17. The third kappa shape index (κ3) is 2.44. The number of phenolic OH excluding ortho intramolecular Hbond substituents is 1. The van der Waals surface area contributed by atoms with Gasteiger partial charge in [-0.3, -0.25) is 0 Å². The Morgan fingerprint density at radius 2 is 2.31 bits per heavy atom. The van der Waals surface area contributed by atoms with E-state index in [2.05, 4.69) is 12.2 Å². The van der Waals surface area contributed by atoms with Crippen molar-refractivity contribution in [1.82, 2.24) is 5.32 Å². The highest BCUT2D eigenvalue weighted by molar-refractivity contribution is 8.00. The van der Waals surface area contributed by atoms with Crippen molar-refractivity contribution in [3.8, 4) is 11.5 Å². The fraction of sp³-hybridized carbons (Fsp3) is 0.500. The van der Waals surface area contributed by atoms with Crippen LogP contribution in [-0.2, 0) is 0 Å². The molecule has 88 valence electrons. The van der Waals surface area contributed by atoms with Gasteiger partial charge in [-0.2, -0.15) is 0 Å². The predicted molar refractivity (Wildman–Crippen MR) is 67.1 cm³/mol. The van der Waals surface area contributed by atoms with Crippen LogP contribution in [0, 0.1) is 0 Å². The molecule has 4 heteroatoms. The molecule has 1 aliphatic rings. The molecule has 0 amide bonds. The SMILES string of the molecule is COc1ccc(C2NCCC(C)S2)cc1O. The van der Waals surface area contributed by atoms with Gasteiger partial charge < -0.3 is 15.2 Å². The molecule has 2 rings (SSSR count). The first kappa shape index (κ1) is 11.6. The molecule has 3 nitrogen and oxygen atoms in total. The fourth-order valence-corrected chi connectivity index (χ4v) is 3.07. The summed E-state index contributed by atoms with van der Waals surface area (Å²) in [7, 11) is 1.56. The smallest absolute Gasteiger partial charge is 0.160 e. The second-order valence-electron chi connectivity index (χ2n) is 4.00. The van der Waals surface area contributed by atoms with Crippen molar-refractivity contribution in [2.45, 2.75) is 24.0 Å². The van der Waals surface area contributed by atoms with Gasteiger partial charge in [0.05, 0.1) is 12.5 Å². The summed E-state index contributed by atoms with van der Waals surface area (Å²) in [6.45, 7) is 3.27. The molecule has 2 unspecified atom stereocenters. The van der Waals surface area contributed by atoms with Crippen LogP contribution in [0.3, 0.4) is 0 Å². The van der Waals surface area contributed by atoms with E-state index in [0.29, 0.717) is 11.0 Å². The van der Waals surface area contributed by atoms with E-state index in [1.165, 1.54) is 6.42 Å². The van der Waals surface area contributed by atoms with Crippen LogP contribution in [0.4, 0.5) is 0 Å². The summed E-state index contributed by atoms with van der Waals surface area (Å²) < 4.78 is 5.03. The number of ether oxygens (including phenoxy) is 1. The second-order valence-corrected chi connectivity index (χ2v) is 5.55. The molecule has 2 atom stereocenters. The van der Waals surface area contributed by atoms with E-state index in [0.717, 1.165) is 12.1 Å². The normalized spacial score (nSPS) is 25.4. The van der Waals surface area contributed by atoms with Gasteiger partial charge >= 0.3 is 0 Å². The number of hydrogen-bond acceptors (Lipinski definition) is 4. The zero-order valence-corrected chi connectivity index (χ0v) is 10.4. The van der Waals surface area contributed by atoms with E-state index in [-0.39, 0.29) is 11.1 Å². The number of benzene rings is 1. The highest BCUT2D eigenvalue weighted by Gasteiger charge is 2.20. The van der Waals surface area contributed by atoms with Gasteiger partial charge in [0.15, 0.2) is 11.5 Å². The minimum atomic E-state index is 0.209. The molecule has 0 aliphatic carbocycles. The van der Waals surface area contributed by atoms with E-state index in [1.807, 2.05) is 23.9 Å². The first-order valence-electron chi connectivity index (χ1n) is 5.46. The zero-order valence-electron chi connectivity index (χ0n) is 9.56. The molecule has 16 heavy (non-hydrogen) atoms. The Kier molecular flexibility index (Phi) is 3.61. The molecule has 1 aromatic carbocycles. The molecule has 1 heterocycles. The maximum atomic E-state index is 9.73. The van der Waals surface area contributed by atoms with Crippen LogP contribution in [0.2, 0.25) is 0 Å². The van der Waals surface area contributed by atoms with Crippen molar-refractivity contribution in [2.24, 2.45) is 0 Å². The molecule has 0 spiro atoms. The summed E-state index contributed by atoms with van der Waals surface area (Å²) in [4.78, 5) is 0. The van der Waals surface area contributed by atoms with Crippen molar-refractivity contribution >= 4 is 11.8 Å². The Morgan fingerprint density at radius 1 is 1.50 bits per heavy atom. The van der Waals surface area contributed by atoms with Gasteiger partial charge in [-0.25, -0.2) is 0 Å². The number of thioether (sulfide) groups is 1. The summed E-state index contributed by atoms with van der Waals surface area (Å²) in [5.41, 5.74) is 1.11. The van der Waals surface area contributed by atoms with Crippen molar-refractivity contribution in [3.05, 3.63) is 23.8 Å². The molecule has 0 saturated carbocycles. The molecule has 0 radical (unpaired) electrons. The largest absolute Gasteiger partial charge is 0.504 e. The minimum absolute atomic E-state index is 0.209. The molecule has 1 fully saturated rings. The average molecular weight is 239 g/mol. The summed E-state index contributed by atoms with van der Waals surface area (Å²) in [5.74, 6) is 0.734. The number of methoxy groups -OCH3 is 1. The summed E-state index contributed by atoms with van der Waals surface area (Å²) >= 11 is 1.90. The van der Waals surface area contributed by atoms with Crippen LogP contribution in [0.15, 0.2) is 18.2 Å². The maximum absolute atomic E-state index is 9.73. The van der Waals surface area contributed by atoms with Gasteiger partial charge in [-0.15, -0.1) is 11.8 Å². The lowest BCUT2D eigenvalue weighted by Crippen LogP contribution is -2.28. The van der Waals surface area contributed by atoms with Crippen LogP contribution >= 0.6 is 11.8 Å². The lowest BCUT2D eigenvalue weighted by Gasteiger charge is -2.28. The number of nitrogens with one attached hydrogen (secondary N) is 1. The zero-order chi connectivity index (χ0) is 11.5. The predicted octanol–water partition coefficient (Wildman–Crippen LogP) is 2.51. The Labute approximate surface area is 100 Å². The average Bonchev–Trinajstić information content (AvgIpc) is 2.29. The molecule has 2 N–H and O–H groups in total. The van der Waals surface area contributed by atoms with Crippen LogP contribution in [0.1, 0.15) is 24.3 Å². The molecular formula is C12H17NO2S. The third-order valence-electron chi connectivity index (χ3n) is 2.75. The Hall–Kier alpha value is -0.870. The molecule has 0 aromatic heterocycles. The molecule has 1 aliphatic heterocycles. The monoisotopic (exact) mass is 239 g/mol. The van der Waals surface area contributed by atoms with Gasteiger partial charge in [0.1, 0.15) is 0 Å². The van der Waals surface area contributed by atoms with Gasteiger partial charge in [-0.1, -0.05) is 13.0 Å². The van der Waals surface area contributed by atoms with E-state index >= 15 is 0 Å². The van der Waals surface area contributed by atoms with Crippen molar-refractivity contribution in [2.75, 3.05) is 13.7 Å². The highest BCUT2D eigenvalue weighted by Crippen LogP contribution is 2.37. The molecular weight excluding hydrogens is 222 g/mol. The lowest BCUT2D eigenvalue weighted by molar-refractivity contribution is 0.373. The second kappa shape index (κ2) is 4.97. The first-order chi connectivity index (χ1) is 7.70. The van der Waals surface area contributed by atoms with Gasteiger partial charge in [0.2, 0.25) is 0 Å². The Morgan fingerprint density at radius 3 is 2.94 bits per heavy atom. The Balaban J connectivity index is 2.17. The maximum Gasteiger partial charge on any atom is 0.160 e. The molecule has 1 aromatic rings. The Bertz CT molecular complexity index is 370. The lowest BCUT2D eigenvalue weighted by atomic mass is 10.2. The number of phenols is 1. The van der Waals surface area contributed by atoms with Gasteiger partial charge in [-0.05, 0) is 30.7 Å². The van der Waals surface area contributed by atoms with Crippen LogP contribution in [0.5, 0.6) is 11.5 Å². The van der Waals surface area contributed by atoms with Crippen LogP contribution in [-0.4, -0.2) is 24.0 Å². The molecule has 0 bridgehead atoms. The number of hydrogen-bond donors (Lipinski definition) is 2. The van der Waals surface area contributed by atoms with E-state index in [9.17, 15) is 5.11 Å². The first-order valence-corrected chi connectivity index (χ1v) is 6.40. The van der Waals surface area contributed by atoms with Crippen molar-refractivity contribution < 1.29 is 9.84 Å². The van der Waals surface area contributed by atoms with Gasteiger partial charge in [0, 0.05) is 5.25 Å². The standard InChI is InChI=1S/C12H17NO2S/c1-8-5-6-13-12(16-8)9-3-4-11(15-2)10(14)7-9/h3-4,7-8,12-14H,5-6H2,1-2H3. The van der Waals surface area contributed by atoms with E-state index < -0.39 is 0 Å². The summed E-state index contributed by atoms with van der Waals surface area (Å²) in [6, 6.07) is 5.59.